The number of amides is 5. The zero-order valence-corrected chi connectivity index (χ0v) is 38.0. The minimum absolute atomic E-state index is 0.120. The van der Waals surface area contributed by atoms with Gasteiger partial charge in [0.2, 0.25) is 39.6 Å². The molecule has 5 N–H and O–H groups in total. The molecular weight excluding hydrogens is 901 g/mol. The average Bonchev–Trinajstić information content (AvgIpc) is 3.82. The molecule has 4 fully saturated rings. The number of piperidine rings is 1. The monoisotopic (exact) mass is 949 g/mol. The van der Waals surface area contributed by atoms with Crippen molar-refractivity contribution in [2.24, 2.45) is 13.0 Å². The first-order valence-corrected chi connectivity index (χ1v) is 24.7. The van der Waals surface area contributed by atoms with Crippen molar-refractivity contribution in [2.45, 2.75) is 118 Å². The Morgan fingerprint density at radius 3 is 2.38 bits per heavy atom. The Hall–Kier alpha value is -5.10. The summed E-state index contributed by atoms with van der Waals surface area (Å²) in [5, 5.41) is 12.4. The lowest BCUT2D eigenvalue weighted by Crippen LogP contribution is -2.60. The highest BCUT2D eigenvalue weighted by molar-refractivity contribution is 7.90. The topological polar surface area (TPSA) is 207 Å². The van der Waals surface area contributed by atoms with E-state index in [1.807, 2.05) is 0 Å². The molecule has 2 saturated heterocycles. The first kappa shape index (κ1) is 45.1. The quantitative estimate of drug-likeness (QED) is 0.133. The Morgan fingerprint density at radius 2 is 1.65 bits per heavy atom. The number of anilines is 1. The lowest BCUT2D eigenvalue weighted by atomic mass is 9.55. The molecule has 5 amide bonds. The number of aryl methyl sites for hydroxylation is 2. The maximum atomic E-state index is 16.3. The first-order chi connectivity index (χ1) is 31.0. The molecule has 5 aliphatic rings. The van der Waals surface area contributed by atoms with Crippen LogP contribution >= 0.6 is 23.2 Å². The summed E-state index contributed by atoms with van der Waals surface area (Å²) in [6, 6.07) is 12.8. The van der Waals surface area contributed by atoms with E-state index in [9.17, 15) is 37.2 Å². The van der Waals surface area contributed by atoms with Crippen LogP contribution in [-0.2, 0) is 52.9 Å². The Balaban J connectivity index is 0.845. The van der Waals surface area contributed by atoms with E-state index in [4.69, 9.17) is 23.2 Å². The number of hydrogen-bond donors (Lipinski definition) is 5. The third-order valence-corrected chi connectivity index (χ3v) is 16.4. The molecule has 1 aromatic heterocycles. The fourth-order valence-corrected chi connectivity index (χ4v) is 13.0. The van der Waals surface area contributed by atoms with Crippen molar-refractivity contribution in [1.82, 2.24) is 29.8 Å². The molecule has 3 aromatic carbocycles. The van der Waals surface area contributed by atoms with E-state index in [2.05, 4.69) is 26.0 Å². The van der Waals surface area contributed by atoms with Crippen LogP contribution in [0.2, 0.25) is 10.0 Å². The van der Waals surface area contributed by atoms with Gasteiger partial charge < -0.3 is 10.6 Å². The number of halogens is 3. The number of fused-ring (bicyclic) bond motifs is 4. The molecule has 3 aliphatic heterocycles. The van der Waals surface area contributed by atoms with Gasteiger partial charge in [0.25, 0.3) is 0 Å². The minimum Gasteiger partial charge on any atom is -0.352 e. The highest BCUT2D eigenvalue weighted by Crippen LogP contribution is 2.63. The van der Waals surface area contributed by atoms with Gasteiger partial charge in [0.1, 0.15) is 17.3 Å². The summed E-state index contributed by atoms with van der Waals surface area (Å²) < 4.78 is 47.6. The molecule has 65 heavy (non-hydrogen) atoms. The van der Waals surface area contributed by atoms with Gasteiger partial charge in [-0.1, -0.05) is 66.7 Å². The standard InChI is InChI=1S/C46H50Cl2FN7O8S/c1-55-35-23-25(10-17-33(35)56(44(55)62)34-18-19-36(57)52-41(34)59)7-6-22-65(63,64)54-40(58)26-11-14-28(15-12-26)50-42(60)39-37(29-8-5-9-31(48)38(29)49)46(45(53-39)20-3-2-4-21-45)30-16-13-27(47)24-32(30)51-43(46)61/h5,8-10,13,16-17,23-24,26,28,34,37,39,53H,2-4,6-7,11-12,14-15,18-22H2,1H3,(H,50,60)(H,51,61)(H,54,58)(H,52,57,59)/t26?,28?,34?,37-,39+,46+/m0/s1. The molecule has 4 atom stereocenters. The molecule has 4 aromatic rings. The van der Waals surface area contributed by atoms with E-state index in [1.165, 1.54) is 15.2 Å². The molecule has 2 aliphatic carbocycles. The van der Waals surface area contributed by atoms with E-state index in [-0.39, 0.29) is 53.5 Å². The van der Waals surface area contributed by atoms with Gasteiger partial charge in [-0.15, -0.1) is 0 Å². The lowest BCUT2D eigenvalue weighted by Gasteiger charge is -2.47. The van der Waals surface area contributed by atoms with Crippen LogP contribution in [0.3, 0.4) is 0 Å². The fraction of sp³-hybridized carbons (Fsp3) is 0.478. The van der Waals surface area contributed by atoms with Crippen LogP contribution in [0.4, 0.5) is 10.1 Å². The smallest absolute Gasteiger partial charge is 0.329 e. The summed E-state index contributed by atoms with van der Waals surface area (Å²) in [7, 11) is -2.42. The predicted octanol–water partition coefficient (Wildman–Crippen LogP) is 5.17. The third-order valence-electron chi connectivity index (χ3n) is 14.6. The summed E-state index contributed by atoms with van der Waals surface area (Å²) in [5.74, 6) is -4.88. The fourth-order valence-electron chi connectivity index (χ4n) is 11.6. The second kappa shape index (κ2) is 17.3. The second-order valence-electron chi connectivity index (χ2n) is 18.3. The van der Waals surface area contributed by atoms with Crippen LogP contribution in [0.1, 0.15) is 106 Å². The van der Waals surface area contributed by atoms with Gasteiger partial charge in [0.15, 0.2) is 0 Å². The molecule has 15 nitrogen and oxygen atoms in total. The van der Waals surface area contributed by atoms with Crippen LogP contribution in [0, 0.1) is 11.7 Å². The maximum Gasteiger partial charge on any atom is 0.329 e. The van der Waals surface area contributed by atoms with Gasteiger partial charge in [-0.3, -0.25) is 48.5 Å². The molecule has 9 rings (SSSR count). The Labute approximate surface area is 384 Å². The van der Waals surface area contributed by atoms with Crippen molar-refractivity contribution in [3.8, 4) is 0 Å². The van der Waals surface area contributed by atoms with Crippen LogP contribution in [0.15, 0.2) is 59.4 Å². The number of hydrogen-bond acceptors (Lipinski definition) is 9. The summed E-state index contributed by atoms with van der Waals surface area (Å²) in [4.78, 5) is 80.0. The van der Waals surface area contributed by atoms with Crippen LogP contribution in [0.25, 0.3) is 11.0 Å². The highest BCUT2D eigenvalue weighted by Gasteiger charge is 2.72. The van der Waals surface area contributed by atoms with E-state index < -0.39 is 74.1 Å². The summed E-state index contributed by atoms with van der Waals surface area (Å²) >= 11 is 12.8. The highest BCUT2D eigenvalue weighted by atomic mass is 35.5. The summed E-state index contributed by atoms with van der Waals surface area (Å²) in [5.41, 5.74) is 0.498. The van der Waals surface area contributed by atoms with Gasteiger partial charge in [-0.25, -0.2) is 17.6 Å². The van der Waals surface area contributed by atoms with Crippen molar-refractivity contribution < 1.29 is 36.8 Å². The first-order valence-electron chi connectivity index (χ1n) is 22.2. The number of nitrogens with one attached hydrogen (secondary N) is 5. The number of benzene rings is 3. The van der Waals surface area contributed by atoms with Gasteiger partial charge in [-0.05, 0) is 105 Å². The molecular formula is C46H50Cl2FN7O8S. The molecule has 2 saturated carbocycles. The number of aromatic nitrogens is 2. The zero-order chi connectivity index (χ0) is 46.0. The number of carbonyl (C=O) groups is 5. The van der Waals surface area contributed by atoms with Crippen molar-refractivity contribution in [2.75, 3.05) is 11.1 Å². The van der Waals surface area contributed by atoms with Crippen molar-refractivity contribution in [1.29, 1.82) is 0 Å². The van der Waals surface area contributed by atoms with Crippen molar-refractivity contribution in [3.05, 3.63) is 97.6 Å². The van der Waals surface area contributed by atoms with Gasteiger partial charge in [0.05, 0.1) is 27.9 Å². The molecule has 0 bridgehead atoms. The van der Waals surface area contributed by atoms with Gasteiger partial charge in [0, 0.05) is 47.6 Å². The normalized spacial score (nSPS) is 26.3. The van der Waals surface area contributed by atoms with Gasteiger partial charge in [-0.2, -0.15) is 0 Å². The van der Waals surface area contributed by atoms with Gasteiger partial charge >= 0.3 is 5.69 Å². The van der Waals surface area contributed by atoms with E-state index in [0.29, 0.717) is 72.3 Å². The minimum atomic E-state index is -4.00. The van der Waals surface area contributed by atoms with Crippen LogP contribution in [0.5, 0.6) is 0 Å². The van der Waals surface area contributed by atoms with Crippen LogP contribution < -0.4 is 31.7 Å². The van der Waals surface area contributed by atoms with E-state index in [0.717, 1.165) is 24.8 Å². The van der Waals surface area contributed by atoms with Crippen molar-refractivity contribution >= 4 is 79.5 Å². The average molecular weight is 951 g/mol. The molecule has 0 radical (unpaired) electrons. The number of nitrogens with zero attached hydrogens (tertiary/aromatic N) is 2. The molecule has 344 valence electrons. The number of imidazole rings is 1. The predicted molar refractivity (Wildman–Crippen MR) is 241 cm³/mol. The molecule has 4 heterocycles. The Bertz CT molecular complexity index is 2820. The SMILES string of the molecule is Cn1c(=O)n(C2CCC(=O)NC2=O)c2ccc(CCCS(=O)(=O)NC(=O)C3CCC(NC(=O)[C@@H]4NC5(CCCCC5)[C@@]5(C(=O)Nc6cc(Cl)ccc65)[C@H]4c4cccc(Cl)c4F)CC3)cc21. The Kier molecular flexibility index (Phi) is 12.0. The number of sulfonamides is 1. The van der Waals surface area contributed by atoms with E-state index in [1.54, 1.807) is 55.6 Å². The largest absolute Gasteiger partial charge is 0.352 e. The van der Waals surface area contributed by atoms with Crippen molar-refractivity contribution in [3.63, 3.8) is 0 Å². The maximum absolute atomic E-state index is 16.3. The molecule has 1 unspecified atom stereocenters. The number of rotatable bonds is 10. The lowest BCUT2D eigenvalue weighted by molar-refractivity contribution is -0.136. The third kappa shape index (κ3) is 7.85. The summed E-state index contributed by atoms with van der Waals surface area (Å²) in [6.45, 7) is 0. The number of carbonyl (C=O) groups excluding carboxylic acids is 5. The Morgan fingerprint density at radius 1 is 0.892 bits per heavy atom. The summed E-state index contributed by atoms with van der Waals surface area (Å²) in [6.07, 6.45) is 5.98. The molecule has 19 heteroatoms. The molecule has 2 spiro atoms. The van der Waals surface area contributed by atoms with E-state index >= 15 is 4.39 Å². The number of imide groups is 1. The second-order valence-corrected chi connectivity index (χ2v) is 21.0. The van der Waals surface area contributed by atoms with Crippen LogP contribution in [-0.4, -0.2) is 70.5 Å². The zero-order valence-electron chi connectivity index (χ0n) is 35.7.